The van der Waals surface area contributed by atoms with E-state index in [-0.39, 0.29) is 0 Å². The summed E-state index contributed by atoms with van der Waals surface area (Å²) in [5.74, 6) is -0.664. The second-order valence-electron chi connectivity index (χ2n) is 4.72. The van der Waals surface area contributed by atoms with Crippen LogP contribution in [0.25, 0.3) is 0 Å². The third-order valence-corrected chi connectivity index (χ3v) is 3.57. The van der Waals surface area contributed by atoms with Crippen LogP contribution in [-0.2, 0) is 4.79 Å². The average molecular weight is 305 g/mol. The Morgan fingerprint density at radius 1 is 1.10 bits per heavy atom. The van der Waals surface area contributed by atoms with E-state index in [2.05, 4.69) is 0 Å². The third kappa shape index (κ3) is 4.50. The Hall–Kier alpha value is -2.00. The molecule has 2 aromatic carbocycles. The van der Waals surface area contributed by atoms with Crippen LogP contribution < -0.4 is 4.74 Å². The molecule has 0 aliphatic rings. The molecule has 0 saturated carbocycles. The fraction of sp³-hybridized carbons (Fsp3) is 0.235. The van der Waals surface area contributed by atoms with Crippen LogP contribution in [0.5, 0.6) is 5.75 Å². The standard InChI is InChI=1S/C17H17ClO3/c18-16-11-5-4-9-14(16)15(17(19)20)10-6-12-21-13-7-2-1-3-8-13/h1-5,7-9,11,15H,6,10,12H2,(H,19,20). The smallest absolute Gasteiger partial charge is 0.311 e. The van der Waals surface area contributed by atoms with Crippen LogP contribution in [0.15, 0.2) is 54.6 Å². The molecule has 0 aliphatic carbocycles. The van der Waals surface area contributed by atoms with Crippen LogP contribution in [0.2, 0.25) is 5.02 Å². The van der Waals surface area contributed by atoms with E-state index in [0.29, 0.717) is 30.0 Å². The number of halogens is 1. The summed E-state index contributed by atoms with van der Waals surface area (Å²) < 4.78 is 5.58. The summed E-state index contributed by atoms with van der Waals surface area (Å²) in [7, 11) is 0. The van der Waals surface area contributed by atoms with Crippen LogP contribution in [0, 0.1) is 0 Å². The van der Waals surface area contributed by atoms with Gasteiger partial charge in [-0.1, -0.05) is 48.0 Å². The molecule has 0 radical (unpaired) electrons. The fourth-order valence-electron chi connectivity index (χ4n) is 2.16. The van der Waals surface area contributed by atoms with E-state index in [4.69, 9.17) is 16.3 Å². The molecule has 0 amide bonds. The van der Waals surface area contributed by atoms with E-state index < -0.39 is 11.9 Å². The Morgan fingerprint density at radius 2 is 1.76 bits per heavy atom. The maximum absolute atomic E-state index is 11.4. The van der Waals surface area contributed by atoms with Gasteiger partial charge in [0.15, 0.2) is 0 Å². The average Bonchev–Trinajstić information content (AvgIpc) is 2.49. The predicted molar refractivity (Wildman–Crippen MR) is 83.0 cm³/mol. The summed E-state index contributed by atoms with van der Waals surface area (Å²) in [4.78, 5) is 11.4. The summed E-state index contributed by atoms with van der Waals surface area (Å²) in [6, 6.07) is 16.6. The Balaban J connectivity index is 1.90. The number of para-hydroxylation sites is 1. The molecule has 110 valence electrons. The van der Waals surface area contributed by atoms with Crippen LogP contribution in [0.4, 0.5) is 0 Å². The minimum absolute atomic E-state index is 0.484. The number of carboxylic acids is 1. The van der Waals surface area contributed by atoms with Gasteiger partial charge in [-0.3, -0.25) is 4.79 Å². The summed E-state index contributed by atoms with van der Waals surface area (Å²) in [6.45, 7) is 0.484. The van der Waals surface area contributed by atoms with Crippen molar-refractivity contribution < 1.29 is 14.6 Å². The number of carbonyl (C=O) groups is 1. The lowest BCUT2D eigenvalue weighted by Gasteiger charge is -2.14. The molecular formula is C17H17ClO3. The maximum atomic E-state index is 11.4. The van der Waals surface area contributed by atoms with Gasteiger partial charge in [-0.05, 0) is 36.6 Å². The molecule has 1 unspecified atom stereocenters. The first kappa shape index (κ1) is 15.4. The van der Waals surface area contributed by atoms with Gasteiger partial charge in [-0.2, -0.15) is 0 Å². The van der Waals surface area contributed by atoms with Gasteiger partial charge >= 0.3 is 5.97 Å². The van der Waals surface area contributed by atoms with E-state index in [0.717, 1.165) is 5.75 Å². The van der Waals surface area contributed by atoms with Gasteiger partial charge in [0.05, 0.1) is 12.5 Å². The van der Waals surface area contributed by atoms with Crippen molar-refractivity contribution in [2.45, 2.75) is 18.8 Å². The van der Waals surface area contributed by atoms with Crippen LogP contribution in [-0.4, -0.2) is 17.7 Å². The molecular weight excluding hydrogens is 288 g/mol. The highest BCUT2D eigenvalue weighted by Crippen LogP contribution is 2.28. The second-order valence-corrected chi connectivity index (χ2v) is 5.12. The molecule has 1 atom stereocenters. The van der Waals surface area contributed by atoms with Gasteiger partial charge in [-0.15, -0.1) is 0 Å². The van der Waals surface area contributed by atoms with E-state index >= 15 is 0 Å². The molecule has 0 heterocycles. The minimum atomic E-state index is -0.859. The van der Waals surface area contributed by atoms with Gasteiger partial charge in [-0.25, -0.2) is 0 Å². The molecule has 3 nitrogen and oxygen atoms in total. The molecule has 0 fully saturated rings. The normalized spacial score (nSPS) is 11.9. The quantitative estimate of drug-likeness (QED) is 0.773. The Kier molecular flexibility index (Phi) is 5.64. The largest absolute Gasteiger partial charge is 0.494 e. The lowest BCUT2D eigenvalue weighted by Crippen LogP contribution is -2.13. The van der Waals surface area contributed by atoms with E-state index in [1.807, 2.05) is 30.3 Å². The molecule has 0 saturated heterocycles. The van der Waals surface area contributed by atoms with Gasteiger partial charge in [0.25, 0.3) is 0 Å². The number of ether oxygens (including phenoxy) is 1. The summed E-state index contributed by atoms with van der Waals surface area (Å²) in [5, 5.41) is 9.86. The van der Waals surface area contributed by atoms with E-state index in [1.165, 1.54) is 0 Å². The molecule has 2 aromatic rings. The maximum Gasteiger partial charge on any atom is 0.311 e. The highest BCUT2D eigenvalue weighted by atomic mass is 35.5. The lowest BCUT2D eigenvalue weighted by molar-refractivity contribution is -0.139. The third-order valence-electron chi connectivity index (χ3n) is 3.23. The number of rotatable bonds is 7. The van der Waals surface area contributed by atoms with Crippen molar-refractivity contribution in [3.05, 3.63) is 65.2 Å². The number of hydrogen-bond acceptors (Lipinski definition) is 2. The summed E-state index contributed by atoms with van der Waals surface area (Å²) in [5.41, 5.74) is 0.659. The Labute approximate surface area is 129 Å². The zero-order chi connectivity index (χ0) is 15.1. The van der Waals surface area contributed by atoms with Gasteiger partial charge in [0, 0.05) is 5.02 Å². The van der Waals surface area contributed by atoms with Crippen LogP contribution in [0.3, 0.4) is 0 Å². The lowest BCUT2D eigenvalue weighted by atomic mass is 9.94. The minimum Gasteiger partial charge on any atom is -0.494 e. The number of aliphatic carboxylic acids is 1. The Bertz CT molecular complexity index is 584. The predicted octanol–water partition coefficient (Wildman–Crippen LogP) is 4.37. The van der Waals surface area contributed by atoms with E-state index in [9.17, 15) is 9.90 Å². The number of benzene rings is 2. The van der Waals surface area contributed by atoms with Crippen LogP contribution in [0.1, 0.15) is 24.3 Å². The van der Waals surface area contributed by atoms with Gasteiger partial charge < -0.3 is 9.84 Å². The number of carboxylic acid groups (broad SMARTS) is 1. The van der Waals surface area contributed by atoms with Crippen molar-refractivity contribution in [3.63, 3.8) is 0 Å². The summed E-state index contributed by atoms with van der Waals surface area (Å²) in [6.07, 6.45) is 1.14. The molecule has 0 bridgehead atoms. The molecule has 1 N–H and O–H groups in total. The summed E-state index contributed by atoms with van der Waals surface area (Å²) >= 11 is 6.08. The van der Waals surface area contributed by atoms with E-state index in [1.54, 1.807) is 24.3 Å². The second kappa shape index (κ2) is 7.70. The van der Waals surface area contributed by atoms with Gasteiger partial charge in [0.2, 0.25) is 0 Å². The molecule has 2 rings (SSSR count). The van der Waals surface area contributed by atoms with Crippen molar-refractivity contribution in [1.29, 1.82) is 0 Å². The fourth-order valence-corrected chi connectivity index (χ4v) is 2.43. The molecule has 0 aliphatic heterocycles. The topological polar surface area (TPSA) is 46.5 Å². The van der Waals surface area contributed by atoms with Crippen molar-refractivity contribution >= 4 is 17.6 Å². The molecule has 0 spiro atoms. The van der Waals surface area contributed by atoms with Crippen LogP contribution >= 0.6 is 11.6 Å². The van der Waals surface area contributed by atoms with Gasteiger partial charge in [0.1, 0.15) is 5.75 Å². The van der Waals surface area contributed by atoms with Crippen molar-refractivity contribution in [1.82, 2.24) is 0 Å². The van der Waals surface area contributed by atoms with Crippen molar-refractivity contribution in [2.24, 2.45) is 0 Å². The highest BCUT2D eigenvalue weighted by Gasteiger charge is 2.21. The monoisotopic (exact) mass is 304 g/mol. The van der Waals surface area contributed by atoms with Crippen molar-refractivity contribution in [3.8, 4) is 5.75 Å². The zero-order valence-electron chi connectivity index (χ0n) is 11.5. The highest BCUT2D eigenvalue weighted by molar-refractivity contribution is 6.31. The first-order valence-electron chi connectivity index (χ1n) is 6.83. The molecule has 0 aromatic heterocycles. The zero-order valence-corrected chi connectivity index (χ0v) is 12.3. The Morgan fingerprint density at radius 3 is 2.43 bits per heavy atom. The molecule has 4 heteroatoms. The first-order valence-corrected chi connectivity index (χ1v) is 7.21. The van der Waals surface area contributed by atoms with Crippen molar-refractivity contribution in [2.75, 3.05) is 6.61 Å². The molecule has 21 heavy (non-hydrogen) atoms. The number of hydrogen-bond donors (Lipinski definition) is 1. The SMILES string of the molecule is O=C(O)C(CCCOc1ccccc1)c1ccccc1Cl. The first-order chi connectivity index (χ1) is 10.2.